The van der Waals surface area contributed by atoms with E-state index in [0.29, 0.717) is 22.1 Å². The lowest BCUT2D eigenvalue weighted by molar-refractivity contribution is -0.118. The van der Waals surface area contributed by atoms with Crippen molar-refractivity contribution in [3.63, 3.8) is 0 Å². The summed E-state index contributed by atoms with van der Waals surface area (Å²) in [6.45, 7) is 4.52. The Bertz CT molecular complexity index is 1330. The zero-order valence-corrected chi connectivity index (χ0v) is 20.2. The zero-order valence-electron chi connectivity index (χ0n) is 18.7. The van der Waals surface area contributed by atoms with Gasteiger partial charge in [0.05, 0.1) is 4.90 Å². The maximum Gasteiger partial charge on any atom is 0.269 e. The van der Waals surface area contributed by atoms with E-state index >= 15 is 0 Å². The Balaban J connectivity index is 1.79. The summed E-state index contributed by atoms with van der Waals surface area (Å²) in [7, 11) is -2.51. The van der Waals surface area contributed by atoms with Gasteiger partial charge in [-0.2, -0.15) is 0 Å². The van der Waals surface area contributed by atoms with E-state index in [2.05, 4.69) is 19.2 Å². The Morgan fingerprint density at radius 1 is 1.00 bits per heavy atom. The molecule has 1 aliphatic rings. The lowest BCUT2D eigenvalue weighted by atomic mass is 9.95. The Hall–Kier alpha value is -3.09. The molecule has 0 aliphatic carbocycles. The van der Waals surface area contributed by atoms with Crippen molar-refractivity contribution in [2.75, 3.05) is 7.05 Å². The van der Waals surface area contributed by atoms with E-state index in [1.807, 2.05) is 54.6 Å². The molecule has 3 aromatic rings. The first kappa shape index (κ1) is 23.1. The summed E-state index contributed by atoms with van der Waals surface area (Å²) in [5.41, 5.74) is 3.88. The van der Waals surface area contributed by atoms with E-state index in [1.54, 1.807) is 12.1 Å². The first-order valence-corrected chi connectivity index (χ1v) is 12.5. The normalized spacial score (nSPS) is 14.9. The number of carbonyl (C=O) groups excluding carboxylic acids is 1. The minimum absolute atomic E-state index is 0.0646. The number of nitrogens with zero attached hydrogens (tertiary/aromatic N) is 1. The molecule has 0 atom stereocenters. The molecule has 0 spiro atoms. The van der Waals surface area contributed by atoms with E-state index < -0.39 is 15.9 Å². The molecule has 0 unspecified atom stereocenters. The van der Waals surface area contributed by atoms with Crippen molar-refractivity contribution in [1.82, 2.24) is 9.62 Å². The van der Waals surface area contributed by atoms with Crippen molar-refractivity contribution in [3.8, 4) is 0 Å². The van der Waals surface area contributed by atoms with Crippen LogP contribution in [-0.4, -0.2) is 25.7 Å². The number of sulfonamides is 1. The third-order valence-electron chi connectivity index (χ3n) is 5.78. The molecule has 1 amide bonds. The Labute approximate surface area is 199 Å². The highest BCUT2D eigenvalue weighted by molar-refractivity contribution is 7.89. The predicted molar refractivity (Wildman–Crippen MR) is 131 cm³/mol. The van der Waals surface area contributed by atoms with Crippen molar-refractivity contribution < 1.29 is 13.2 Å². The lowest BCUT2D eigenvalue weighted by Gasteiger charge is -2.31. The summed E-state index contributed by atoms with van der Waals surface area (Å²) < 4.78 is 27.6. The highest BCUT2D eigenvalue weighted by Crippen LogP contribution is 2.40. The van der Waals surface area contributed by atoms with Crippen molar-refractivity contribution in [2.45, 2.75) is 31.2 Å². The van der Waals surface area contributed by atoms with Crippen LogP contribution in [0.2, 0.25) is 5.02 Å². The fourth-order valence-corrected chi connectivity index (χ4v) is 5.48. The smallest absolute Gasteiger partial charge is 0.269 e. The number of benzene rings is 3. The predicted octanol–water partition coefficient (Wildman–Crippen LogP) is 5.17. The Kier molecular flexibility index (Phi) is 6.32. The number of carbonyl (C=O) groups is 1. The molecule has 1 N–H and O–H groups in total. The molecular formula is C26H25ClN2O3S. The van der Waals surface area contributed by atoms with Crippen LogP contribution >= 0.6 is 11.6 Å². The molecule has 3 aromatic carbocycles. The van der Waals surface area contributed by atoms with Gasteiger partial charge in [-0.05, 0) is 40.8 Å². The maximum absolute atomic E-state index is 13.4. The van der Waals surface area contributed by atoms with Crippen LogP contribution in [0.3, 0.4) is 0 Å². The van der Waals surface area contributed by atoms with Gasteiger partial charge in [0.15, 0.2) is 0 Å². The van der Waals surface area contributed by atoms with Gasteiger partial charge in [-0.25, -0.2) is 8.42 Å². The van der Waals surface area contributed by atoms with E-state index in [1.165, 1.54) is 18.7 Å². The lowest BCUT2D eigenvalue weighted by Crippen LogP contribution is -2.39. The number of hydrogen-bond donors (Lipinski definition) is 1. The highest BCUT2D eigenvalue weighted by atomic mass is 35.5. The topological polar surface area (TPSA) is 66.5 Å². The molecule has 0 saturated carbocycles. The molecule has 4 rings (SSSR count). The second-order valence-electron chi connectivity index (χ2n) is 8.28. The van der Waals surface area contributed by atoms with Crippen LogP contribution in [0.1, 0.15) is 42.0 Å². The number of likely N-dealkylation sites (N-methyl/N-ethyl adjacent to an activating group) is 1. The van der Waals surface area contributed by atoms with Gasteiger partial charge >= 0.3 is 0 Å². The fourth-order valence-electron chi connectivity index (χ4n) is 3.92. The number of halogens is 1. The number of nitrogens with one attached hydrogen (secondary N) is 1. The summed E-state index contributed by atoms with van der Waals surface area (Å²) in [6.07, 6.45) is 0. The first-order chi connectivity index (χ1) is 15.7. The van der Waals surface area contributed by atoms with Crippen LogP contribution in [0.4, 0.5) is 0 Å². The zero-order chi connectivity index (χ0) is 23.8. The maximum atomic E-state index is 13.4. The molecule has 5 nitrogen and oxygen atoms in total. The third kappa shape index (κ3) is 4.41. The van der Waals surface area contributed by atoms with Crippen molar-refractivity contribution in [3.05, 3.63) is 106 Å². The molecule has 0 bridgehead atoms. The SMILES string of the molecule is CC(C)c1ccc(CNC(=O)C2=C(c3ccccc3)c3cc(Cl)ccc3S(=O)(=O)N2C)cc1. The van der Waals surface area contributed by atoms with Crippen molar-refractivity contribution in [1.29, 1.82) is 0 Å². The Morgan fingerprint density at radius 2 is 1.67 bits per heavy atom. The monoisotopic (exact) mass is 480 g/mol. The van der Waals surface area contributed by atoms with Crippen molar-refractivity contribution in [2.24, 2.45) is 0 Å². The van der Waals surface area contributed by atoms with Gasteiger partial charge in [-0.1, -0.05) is 80.0 Å². The van der Waals surface area contributed by atoms with Gasteiger partial charge in [0, 0.05) is 29.8 Å². The number of fused-ring (bicyclic) bond motifs is 1. The number of rotatable bonds is 5. The largest absolute Gasteiger partial charge is 0.347 e. The molecule has 170 valence electrons. The van der Waals surface area contributed by atoms with Crippen LogP contribution in [-0.2, 0) is 21.4 Å². The molecular weight excluding hydrogens is 456 g/mol. The van der Waals surface area contributed by atoms with Gasteiger partial charge in [-0.15, -0.1) is 0 Å². The van der Waals surface area contributed by atoms with Gasteiger partial charge in [0.1, 0.15) is 5.70 Å². The Morgan fingerprint density at radius 3 is 2.30 bits per heavy atom. The average Bonchev–Trinajstić information content (AvgIpc) is 2.80. The van der Waals surface area contributed by atoms with Gasteiger partial charge in [0.2, 0.25) is 0 Å². The van der Waals surface area contributed by atoms with Gasteiger partial charge in [0.25, 0.3) is 15.9 Å². The summed E-state index contributed by atoms with van der Waals surface area (Å²) in [5, 5.41) is 3.29. The molecule has 1 aliphatic heterocycles. The standard InChI is InChI=1S/C26H25ClN2O3S/c1-17(2)19-11-9-18(10-12-19)16-28-26(30)25-24(20-7-5-4-6-8-20)22-15-21(27)13-14-23(22)33(31,32)29(25)3/h4-15,17H,16H2,1-3H3,(H,28,30). The summed E-state index contributed by atoms with van der Waals surface area (Å²) in [5.74, 6) is -0.0568. The molecule has 1 heterocycles. The molecule has 0 fully saturated rings. The van der Waals surface area contributed by atoms with E-state index in [0.717, 1.165) is 15.4 Å². The van der Waals surface area contributed by atoms with Crippen LogP contribution < -0.4 is 5.32 Å². The molecule has 0 aromatic heterocycles. The highest BCUT2D eigenvalue weighted by Gasteiger charge is 2.38. The summed E-state index contributed by atoms with van der Waals surface area (Å²) in [4.78, 5) is 13.5. The van der Waals surface area contributed by atoms with E-state index in [9.17, 15) is 13.2 Å². The molecule has 33 heavy (non-hydrogen) atoms. The number of amides is 1. The van der Waals surface area contributed by atoms with Gasteiger partial charge < -0.3 is 5.32 Å². The minimum Gasteiger partial charge on any atom is -0.347 e. The van der Waals surface area contributed by atoms with E-state index in [-0.39, 0.29) is 17.1 Å². The quantitative estimate of drug-likeness (QED) is 0.547. The van der Waals surface area contributed by atoms with Crippen LogP contribution in [0, 0.1) is 0 Å². The first-order valence-electron chi connectivity index (χ1n) is 10.7. The van der Waals surface area contributed by atoms with Crippen LogP contribution in [0.15, 0.2) is 83.4 Å². The van der Waals surface area contributed by atoms with Gasteiger partial charge in [-0.3, -0.25) is 9.10 Å². The molecule has 7 heteroatoms. The minimum atomic E-state index is -3.91. The third-order valence-corrected chi connectivity index (χ3v) is 7.83. The second kappa shape index (κ2) is 9.04. The second-order valence-corrected chi connectivity index (χ2v) is 10.7. The number of hydrogen-bond acceptors (Lipinski definition) is 3. The van der Waals surface area contributed by atoms with E-state index in [4.69, 9.17) is 11.6 Å². The molecule has 0 saturated heterocycles. The molecule has 0 radical (unpaired) electrons. The summed E-state index contributed by atoms with van der Waals surface area (Å²) >= 11 is 6.23. The van der Waals surface area contributed by atoms with Crippen LogP contribution in [0.5, 0.6) is 0 Å². The average molecular weight is 481 g/mol. The van der Waals surface area contributed by atoms with Crippen LogP contribution in [0.25, 0.3) is 5.57 Å². The fraction of sp³-hybridized carbons (Fsp3) is 0.192. The van der Waals surface area contributed by atoms with Crippen molar-refractivity contribution >= 4 is 33.1 Å². The summed E-state index contributed by atoms with van der Waals surface area (Å²) in [6, 6.07) is 21.9.